The number of pyridine rings is 1. The predicted molar refractivity (Wildman–Crippen MR) is 134 cm³/mol. The van der Waals surface area contributed by atoms with Crippen molar-refractivity contribution in [2.45, 2.75) is 32.6 Å². The zero-order valence-electron chi connectivity index (χ0n) is 19.4. The summed E-state index contributed by atoms with van der Waals surface area (Å²) < 4.78 is 2.05. The van der Waals surface area contributed by atoms with Gasteiger partial charge in [0.15, 0.2) is 0 Å². The molecular formula is C27H26N6O. The van der Waals surface area contributed by atoms with E-state index >= 15 is 0 Å². The minimum atomic E-state index is -0.0899. The van der Waals surface area contributed by atoms with Gasteiger partial charge in [-0.25, -0.2) is 4.98 Å². The SMILES string of the molecule is CC(C)(C)c1cc(NC(=O)Cc2ccc(-n3cnc4cc(-c5cccnc5)ccc43)cc2)[nH]n1. The Morgan fingerprint density at radius 1 is 1.03 bits per heavy atom. The van der Waals surface area contributed by atoms with Gasteiger partial charge in [-0.15, -0.1) is 0 Å². The van der Waals surface area contributed by atoms with E-state index in [2.05, 4.69) is 64.5 Å². The molecule has 1 amide bonds. The van der Waals surface area contributed by atoms with Gasteiger partial charge in [-0.1, -0.05) is 45.0 Å². The molecule has 34 heavy (non-hydrogen) atoms. The number of nitrogens with one attached hydrogen (secondary N) is 2. The van der Waals surface area contributed by atoms with E-state index in [-0.39, 0.29) is 17.7 Å². The number of anilines is 1. The van der Waals surface area contributed by atoms with Crippen LogP contribution in [-0.2, 0) is 16.6 Å². The minimum absolute atomic E-state index is 0.0763. The van der Waals surface area contributed by atoms with Crippen LogP contribution in [0.3, 0.4) is 0 Å². The zero-order chi connectivity index (χ0) is 23.7. The van der Waals surface area contributed by atoms with Crippen LogP contribution in [0.25, 0.3) is 27.8 Å². The molecule has 2 aromatic carbocycles. The van der Waals surface area contributed by atoms with Crippen molar-refractivity contribution in [2.24, 2.45) is 0 Å². The summed E-state index contributed by atoms with van der Waals surface area (Å²) in [6.07, 6.45) is 5.72. The first-order valence-electron chi connectivity index (χ1n) is 11.2. The second-order valence-corrected chi connectivity index (χ2v) is 9.37. The average molecular weight is 451 g/mol. The Morgan fingerprint density at radius 3 is 2.56 bits per heavy atom. The molecule has 2 N–H and O–H groups in total. The number of hydrogen-bond donors (Lipinski definition) is 2. The summed E-state index contributed by atoms with van der Waals surface area (Å²) in [5, 5.41) is 10.1. The largest absolute Gasteiger partial charge is 0.311 e. The maximum absolute atomic E-state index is 12.5. The Bertz CT molecular complexity index is 1440. The van der Waals surface area contributed by atoms with Crippen molar-refractivity contribution in [1.29, 1.82) is 0 Å². The number of carbonyl (C=O) groups excluding carboxylic acids is 1. The average Bonchev–Trinajstić information content (AvgIpc) is 3.47. The highest BCUT2D eigenvalue weighted by atomic mass is 16.1. The number of aromatic nitrogens is 5. The number of carbonyl (C=O) groups is 1. The minimum Gasteiger partial charge on any atom is -0.311 e. The maximum Gasteiger partial charge on any atom is 0.229 e. The second kappa shape index (κ2) is 8.59. The molecule has 0 fully saturated rings. The van der Waals surface area contributed by atoms with E-state index in [1.54, 1.807) is 6.20 Å². The van der Waals surface area contributed by atoms with Crippen LogP contribution in [-0.4, -0.2) is 30.6 Å². The van der Waals surface area contributed by atoms with Crippen LogP contribution in [0.1, 0.15) is 32.0 Å². The molecule has 0 saturated heterocycles. The van der Waals surface area contributed by atoms with E-state index in [9.17, 15) is 4.79 Å². The fraction of sp³-hybridized carbons (Fsp3) is 0.185. The van der Waals surface area contributed by atoms with E-state index in [1.165, 1.54) is 0 Å². The van der Waals surface area contributed by atoms with Gasteiger partial charge in [0.05, 0.1) is 23.1 Å². The molecule has 170 valence electrons. The van der Waals surface area contributed by atoms with Gasteiger partial charge >= 0.3 is 0 Å². The van der Waals surface area contributed by atoms with Gasteiger partial charge in [0.1, 0.15) is 12.1 Å². The quantitative estimate of drug-likeness (QED) is 0.381. The lowest BCUT2D eigenvalue weighted by molar-refractivity contribution is -0.115. The molecule has 7 nitrogen and oxygen atoms in total. The molecular weight excluding hydrogens is 424 g/mol. The lowest BCUT2D eigenvalue weighted by atomic mass is 9.92. The van der Waals surface area contributed by atoms with Gasteiger partial charge < -0.3 is 5.32 Å². The number of rotatable bonds is 5. The van der Waals surface area contributed by atoms with Gasteiger partial charge in [0, 0.05) is 35.1 Å². The van der Waals surface area contributed by atoms with E-state index in [0.717, 1.165) is 39.1 Å². The number of fused-ring (bicyclic) bond motifs is 1. The van der Waals surface area contributed by atoms with Gasteiger partial charge in [-0.05, 0) is 41.5 Å². The monoisotopic (exact) mass is 450 g/mol. The number of aromatic amines is 1. The van der Waals surface area contributed by atoms with Gasteiger partial charge in [-0.3, -0.25) is 19.4 Å². The van der Waals surface area contributed by atoms with Gasteiger partial charge in [-0.2, -0.15) is 5.10 Å². The number of nitrogens with zero attached hydrogens (tertiary/aromatic N) is 4. The Hall–Kier alpha value is -4.26. The third-order valence-electron chi connectivity index (χ3n) is 5.74. The van der Waals surface area contributed by atoms with Crippen molar-refractivity contribution >= 4 is 22.8 Å². The molecule has 0 aliphatic carbocycles. The maximum atomic E-state index is 12.5. The Kier molecular flexibility index (Phi) is 5.45. The molecule has 3 aromatic heterocycles. The van der Waals surface area contributed by atoms with Gasteiger partial charge in [0.2, 0.25) is 5.91 Å². The predicted octanol–water partition coefficient (Wildman–Crippen LogP) is 5.29. The molecule has 0 aliphatic rings. The Balaban J connectivity index is 1.29. The molecule has 0 spiro atoms. The molecule has 3 heterocycles. The standard InChI is InChI=1S/C27H26N6O/c1-27(2,3)24-15-25(32-31-24)30-26(34)13-18-6-9-21(10-7-18)33-17-29-22-14-19(8-11-23(22)33)20-5-4-12-28-16-20/h4-12,14-17H,13H2,1-3H3,(H2,30,31,32,34). The van der Waals surface area contributed by atoms with E-state index < -0.39 is 0 Å². The van der Waals surface area contributed by atoms with Gasteiger partial charge in [0.25, 0.3) is 0 Å². The highest BCUT2D eigenvalue weighted by Gasteiger charge is 2.18. The lowest BCUT2D eigenvalue weighted by Gasteiger charge is -2.13. The summed E-state index contributed by atoms with van der Waals surface area (Å²) in [6.45, 7) is 6.25. The van der Waals surface area contributed by atoms with Crippen LogP contribution in [0.15, 0.2) is 79.4 Å². The number of benzene rings is 2. The Morgan fingerprint density at radius 2 is 1.85 bits per heavy atom. The van der Waals surface area contributed by atoms with Crippen LogP contribution in [0, 0.1) is 0 Å². The summed E-state index contributed by atoms with van der Waals surface area (Å²) in [5.74, 6) is 0.523. The molecule has 0 saturated carbocycles. The summed E-state index contributed by atoms with van der Waals surface area (Å²) in [6, 6.07) is 20.0. The number of hydrogen-bond acceptors (Lipinski definition) is 4. The first-order valence-corrected chi connectivity index (χ1v) is 11.2. The van der Waals surface area contributed by atoms with Crippen LogP contribution >= 0.6 is 0 Å². The third kappa shape index (κ3) is 4.45. The van der Waals surface area contributed by atoms with Crippen molar-refractivity contribution in [3.63, 3.8) is 0 Å². The third-order valence-corrected chi connectivity index (χ3v) is 5.74. The fourth-order valence-electron chi connectivity index (χ4n) is 3.86. The molecule has 0 aliphatic heterocycles. The summed E-state index contributed by atoms with van der Waals surface area (Å²) >= 11 is 0. The number of imidazole rings is 1. The Labute approximate surface area is 197 Å². The topological polar surface area (TPSA) is 88.5 Å². The van der Waals surface area contributed by atoms with E-state index in [0.29, 0.717) is 5.82 Å². The highest BCUT2D eigenvalue weighted by molar-refractivity contribution is 5.91. The van der Waals surface area contributed by atoms with E-state index in [4.69, 9.17) is 0 Å². The van der Waals surface area contributed by atoms with Crippen molar-refractivity contribution in [3.8, 4) is 16.8 Å². The normalized spacial score (nSPS) is 11.6. The van der Waals surface area contributed by atoms with Crippen LogP contribution in [0.4, 0.5) is 5.82 Å². The summed E-state index contributed by atoms with van der Waals surface area (Å²) in [4.78, 5) is 21.3. The molecule has 0 bridgehead atoms. The fourth-order valence-corrected chi connectivity index (χ4v) is 3.86. The molecule has 0 atom stereocenters. The number of amides is 1. The van der Waals surface area contributed by atoms with Crippen molar-refractivity contribution < 1.29 is 4.79 Å². The first-order chi connectivity index (χ1) is 16.4. The second-order valence-electron chi connectivity index (χ2n) is 9.37. The van der Waals surface area contributed by atoms with Crippen LogP contribution in [0.2, 0.25) is 0 Å². The first kappa shape index (κ1) is 21.6. The van der Waals surface area contributed by atoms with Crippen LogP contribution < -0.4 is 5.32 Å². The van der Waals surface area contributed by atoms with E-state index in [1.807, 2.05) is 59.6 Å². The zero-order valence-corrected chi connectivity index (χ0v) is 19.4. The molecule has 0 radical (unpaired) electrons. The van der Waals surface area contributed by atoms with Crippen LogP contribution in [0.5, 0.6) is 0 Å². The smallest absolute Gasteiger partial charge is 0.229 e. The summed E-state index contributed by atoms with van der Waals surface area (Å²) in [7, 11) is 0. The van der Waals surface area contributed by atoms with Crippen molar-refractivity contribution in [3.05, 3.63) is 90.6 Å². The summed E-state index contributed by atoms with van der Waals surface area (Å²) in [5.41, 5.74) is 6.83. The van der Waals surface area contributed by atoms with Crippen molar-refractivity contribution in [2.75, 3.05) is 5.32 Å². The molecule has 0 unspecified atom stereocenters. The molecule has 5 rings (SSSR count). The molecule has 5 aromatic rings. The highest BCUT2D eigenvalue weighted by Crippen LogP contribution is 2.25. The lowest BCUT2D eigenvalue weighted by Crippen LogP contribution is -2.14. The molecule has 7 heteroatoms. The number of H-pyrrole nitrogens is 1. The van der Waals surface area contributed by atoms with Crippen molar-refractivity contribution in [1.82, 2.24) is 24.7 Å².